The smallest absolute Gasteiger partial charge is 0.304 e. The van der Waals surface area contributed by atoms with Gasteiger partial charge in [0.15, 0.2) is 5.16 Å². The first kappa shape index (κ1) is 11.0. The van der Waals surface area contributed by atoms with Crippen LogP contribution in [0.2, 0.25) is 0 Å². The molecule has 1 aromatic heterocycles. The molecule has 1 rings (SSSR count). The normalized spacial score (nSPS) is 12.7. The van der Waals surface area contributed by atoms with Crippen molar-refractivity contribution in [3.05, 3.63) is 6.33 Å². The molecule has 0 spiro atoms. The Balaban J connectivity index is 2.57. The van der Waals surface area contributed by atoms with Gasteiger partial charge in [-0.15, -0.1) is 10.2 Å². The largest absolute Gasteiger partial charge is 0.481 e. The highest BCUT2D eigenvalue weighted by molar-refractivity contribution is 7.99. The Labute approximate surface area is 86.5 Å². The van der Waals surface area contributed by atoms with Crippen LogP contribution in [0.15, 0.2) is 11.5 Å². The summed E-state index contributed by atoms with van der Waals surface area (Å²) >= 11 is 1.46. The molecule has 0 radical (unpaired) electrons. The molecule has 6 heteroatoms. The van der Waals surface area contributed by atoms with Crippen molar-refractivity contribution >= 4 is 17.7 Å². The van der Waals surface area contributed by atoms with E-state index in [1.165, 1.54) is 11.8 Å². The monoisotopic (exact) mass is 215 g/mol. The highest BCUT2D eigenvalue weighted by Crippen LogP contribution is 2.24. The molecule has 0 aliphatic rings. The Hall–Kier alpha value is -1.04. The first-order valence-electron chi connectivity index (χ1n) is 4.36. The van der Waals surface area contributed by atoms with Crippen molar-refractivity contribution in [1.82, 2.24) is 14.8 Å². The Morgan fingerprint density at radius 3 is 2.93 bits per heavy atom. The van der Waals surface area contributed by atoms with Crippen LogP contribution in [0.4, 0.5) is 0 Å². The zero-order chi connectivity index (χ0) is 10.6. The first-order chi connectivity index (χ1) is 6.63. The van der Waals surface area contributed by atoms with Crippen molar-refractivity contribution in [2.75, 3.05) is 0 Å². The Bertz CT molecular complexity index is 313. The number of aromatic nitrogens is 3. The molecule has 0 saturated heterocycles. The quantitative estimate of drug-likeness (QED) is 0.746. The number of carboxylic acid groups (broad SMARTS) is 1. The van der Waals surface area contributed by atoms with Crippen LogP contribution in [0.1, 0.15) is 19.8 Å². The number of carbonyl (C=O) groups is 1. The van der Waals surface area contributed by atoms with Crippen molar-refractivity contribution in [3.8, 4) is 0 Å². The van der Waals surface area contributed by atoms with E-state index in [2.05, 4.69) is 10.2 Å². The van der Waals surface area contributed by atoms with Crippen LogP contribution in [0.3, 0.4) is 0 Å². The van der Waals surface area contributed by atoms with Crippen molar-refractivity contribution in [2.24, 2.45) is 7.05 Å². The van der Waals surface area contributed by atoms with Crippen LogP contribution in [-0.4, -0.2) is 31.1 Å². The van der Waals surface area contributed by atoms with Gasteiger partial charge >= 0.3 is 5.97 Å². The molecule has 0 bridgehead atoms. The van der Waals surface area contributed by atoms with E-state index in [0.29, 0.717) is 0 Å². The fourth-order valence-corrected chi connectivity index (χ4v) is 1.99. The number of nitrogens with zero attached hydrogens (tertiary/aromatic N) is 3. The first-order valence-corrected chi connectivity index (χ1v) is 5.24. The maximum absolute atomic E-state index is 10.5. The lowest BCUT2D eigenvalue weighted by Gasteiger charge is -2.10. The van der Waals surface area contributed by atoms with E-state index in [1.807, 2.05) is 14.0 Å². The molecule has 14 heavy (non-hydrogen) atoms. The van der Waals surface area contributed by atoms with Crippen molar-refractivity contribution in [2.45, 2.75) is 30.2 Å². The van der Waals surface area contributed by atoms with E-state index in [0.717, 1.165) is 11.6 Å². The van der Waals surface area contributed by atoms with Gasteiger partial charge in [-0.25, -0.2) is 0 Å². The molecule has 1 unspecified atom stereocenters. The summed E-state index contributed by atoms with van der Waals surface area (Å²) in [7, 11) is 1.84. The fourth-order valence-electron chi connectivity index (χ4n) is 0.992. The number of aryl methyl sites for hydroxylation is 1. The van der Waals surface area contributed by atoms with Gasteiger partial charge in [0.2, 0.25) is 0 Å². The van der Waals surface area contributed by atoms with Gasteiger partial charge in [0.05, 0.1) is 6.42 Å². The van der Waals surface area contributed by atoms with Gasteiger partial charge in [0.25, 0.3) is 0 Å². The van der Waals surface area contributed by atoms with Crippen molar-refractivity contribution in [1.29, 1.82) is 0 Å². The molecule has 0 aliphatic carbocycles. The van der Waals surface area contributed by atoms with E-state index in [4.69, 9.17) is 5.11 Å². The molecule has 0 aliphatic heterocycles. The molecule has 1 aromatic rings. The summed E-state index contributed by atoms with van der Waals surface area (Å²) in [6.45, 7) is 1.97. The molecule has 0 saturated carbocycles. The van der Waals surface area contributed by atoms with Crippen LogP contribution >= 0.6 is 11.8 Å². The SMILES string of the molecule is CCC(CC(=O)O)Sc1nncn1C. The summed E-state index contributed by atoms with van der Waals surface area (Å²) in [6, 6.07) is 0. The van der Waals surface area contributed by atoms with E-state index < -0.39 is 5.97 Å². The minimum absolute atomic E-state index is 0.0652. The van der Waals surface area contributed by atoms with Crippen LogP contribution in [0, 0.1) is 0 Å². The average Bonchev–Trinajstić information content (AvgIpc) is 2.50. The third-order valence-electron chi connectivity index (χ3n) is 1.80. The summed E-state index contributed by atoms with van der Waals surface area (Å²) in [5.41, 5.74) is 0. The number of carboxylic acids is 1. The van der Waals surface area contributed by atoms with Gasteiger partial charge in [-0.1, -0.05) is 18.7 Å². The van der Waals surface area contributed by atoms with E-state index in [9.17, 15) is 4.79 Å². The second kappa shape index (κ2) is 4.99. The number of hydrogen-bond acceptors (Lipinski definition) is 4. The van der Waals surface area contributed by atoms with Crippen LogP contribution in [0.5, 0.6) is 0 Å². The molecule has 5 nitrogen and oxygen atoms in total. The number of rotatable bonds is 5. The topological polar surface area (TPSA) is 68.0 Å². The lowest BCUT2D eigenvalue weighted by molar-refractivity contribution is -0.136. The molecule has 1 heterocycles. The van der Waals surface area contributed by atoms with Crippen LogP contribution < -0.4 is 0 Å². The lowest BCUT2D eigenvalue weighted by Crippen LogP contribution is -2.09. The predicted octanol–water partition coefficient (Wildman–Crippen LogP) is 1.16. The molecule has 1 atom stereocenters. The minimum Gasteiger partial charge on any atom is -0.481 e. The van der Waals surface area contributed by atoms with Crippen LogP contribution in [0.25, 0.3) is 0 Å². The Kier molecular flexibility index (Phi) is 3.94. The highest BCUT2D eigenvalue weighted by Gasteiger charge is 2.15. The summed E-state index contributed by atoms with van der Waals surface area (Å²) in [4.78, 5) is 10.5. The van der Waals surface area contributed by atoms with E-state index >= 15 is 0 Å². The fraction of sp³-hybridized carbons (Fsp3) is 0.625. The molecule has 1 N–H and O–H groups in total. The van der Waals surface area contributed by atoms with Gasteiger partial charge in [-0.2, -0.15) is 0 Å². The summed E-state index contributed by atoms with van der Waals surface area (Å²) in [5, 5.41) is 17.1. The lowest BCUT2D eigenvalue weighted by atomic mass is 10.2. The second-order valence-corrected chi connectivity index (χ2v) is 4.24. The second-order valence-electron chi connectivity index (χ2n) is 2.97. The number of aliphatic carboxylic acids is 1. The minimum atomic E-state index is -0.772. The maximum atomic E-state index is 10.5. The van der Waals surface area contributed by atoms with Crippen molar-refractivity contribution in [3.63, 3.8) is 0 Å². The number of hydrogen-bond donors (Lipinski definition) is 1. The predicted molar refractivity (Wildman–Crippen MR) is 53.2 cm³/mol. The maximum Gasteiger partial charge on any atom is 0.304 e. The number of thioether (sulfide) groups is 1. The zero-order valence-electron chi connectivity index (χ0n) is 8.17. The van der Waals surface area contributed by atoms with Crippen molar-refractivity contribution < 1.29 is 9.90 Å². The van der Waals surface area contributed by atoms with Gasteiger partial charge in [0.1, 0.15) is 6.33 Å². The highest BCUT2D eigenvalue weighted by atomic mass is 32.2. The van der Waals surface area contributed by atoms with Crippen LogP contribution in [-0.2, 0) is 11.8 Å². The third-order valence-corrected chi connectivity index (χ3v) is 3.21. The Morgan fingerprint density at radius 2 is 2.50 bits per heavy atom. The zero-order valence-corrected chi connectivity index (χ0v) is 8.99. The third kappa shape index (κ3) is 3.02. The molecule has 78 valence electrons. The summed E-state index contributed by atoms with van der Waals surface area (Å²) in [5.74, 6) is -0.772. The average molecular weight is 215 g/mol. The van der Waals surface area contributed by atoms with Gasteiger partial charge in [0, 0.05) is 12.3 Å². The standard InChI is InChI=1S/C8H13N3O2S/c1-3-6(4-7(12)13)14-8-10-9-5-11(8)2/h5-6H,3-4H2,1-2H3,(H,12,13). The van der Waals surface area contributed by atoms with Gasteiger partial charge in [-0.3, -0.25) is 4.79 Å². The Morgan fingerprint density at radius 1 is 1.79 bits per heavy atom. The van der Waals surface area contributed by atoms with E-state index in [1.54, 1.807) is 10.9 Å². The molecule has 0 amide bonds. The van der Waals surface area contributed by atoms with Gasteiger partial charge < -0.3 is 9.67 Å². The van der Waals surface area contributed by atoms with Gasteiger partial charge in [-0.05, 0) is 6.42 Å². The molecular formula is C8H13N3O2S. The molecular weight excluding hydrogens is 202 g/mol. The summed E-state index contributed by atoms with van der Waals surface area (Å²) in [6.07, 6.45) is 2.58. The summed E-state index contributed by atoms with van der Waals surface area (Å²) < 4.78 is 1.79. The molecule has 0 aromatic carbocycles. The van der Waals surface area contributed by atoms with E-state index in [-0.39, 0.29) is 11.7 Å². The molecule has 0 fully saturated rings.